The van der Waals surface area contributed by atoms with Gasteiger partial charge in [0.25, 0.3) is 0 Å². The van der Waals surface area contributed by atoms with Gasteiger partial charge in [-0.25, -0.2) is 0 Å². The monoisotopic (exact) mass is 248 g/mol. The first-order chi connectivity index (χ1) is 8.90. The van der Waals surface area contributed by atoms with Crippen molar-refractivity contribution in [2.75, 3.05) is 26.7 Å². The summed E-state index contributed by atoms with van der Waals surface area (Å²) < 4.78 is 5.36. The van der Waals surface area contributed by atoms with E-state index in [2.05, 4.69) is 22.8 Å². The average Bonchev–Trinajstić information content (AvgIpc) is 2.45. The minimum Gasteiger partial charge on any atom is -0.496 e. The summed E-state index contributed by atoms with van der Waals surface area (Å²) in [5, 5.41) is 7.06. The van der Waals surface area contributed by atoms with Gasteiger partial charge in [0.05, 0.1) is 7.11 Å². The van der Waals surface area contributed by atoms with Crippen molar-refractivity contribution in [2.24, 2.45) is 0 Å². The van der Waals surface area contributed by atoms with Crippen molar-refractivity contribution in [3.63, 3.8) is 0 Å². The average molecular weight is 248 g/mol. The zero-order chi connectivity index (χ0) is 12.6. The highest BCUT2D eigenvalue weighted by molar-refractivity contribution is 5.33. The molecule has 0 amide bonds. The molecule has 0 aromatic heterocycles. The van der Waals surface area contributed by atoms with E-state index < -0.39 is 0 Å². The molecule has 100 valence electrons. The van der Waals surface area contributed by atoms with E-state index in [1.165, 1.54) is 24.9 Å². The molecule has 2 N–H and O–H groups in total. The minimum absolute atomic E-state index is 0.663. The molecule has 1 fully saturated rings. The fourth-order valence-corrected chi connectivity index (χ4v) is 2.52. The summed E-state index contributed by atoms with van der Waals surface area (Å²) in [6.45, 7) is 3.39. The van der Waals surface area contributed by atoms with Gasteiger partial charge in [0.2, 0.25) is 0 Å². The Balaban J connectivity index is 1.68. The lowest BCUT2D eigenvalue weighted by Gasteiger charge is -2.23. The standard InChI is InChI=1S/C15H24N2O/c1-18-15-9-3-2-6-13(15)7-4-11-17-14-8-5-10-16-12-14/h2-3,6,9,14,16-17H,4-5,7-8,10-12H2,1H3/t14-/m0/s1. The second-order valence-corrected chi connectivity index (χ2v) is 4.91. The third kappa shape index (κ3) is 4.00. The molecule has 1 aromatic rings. The normalized spacial score (nSPS) is 19.7. The van der Waals surface area contributed by atoms with Crippen molar-refractivity contribution in [1.82, 2.24) is 10.6 Å². The van der Waals surface area contributed by atoms with Gasteiger partial charge in [-0.05, 0) is 50.4 Å². The van der Waals surface area contributed by atoms with Crippen LogP contribution in [0.3, 0.4) is 0 Å². The zero-order valence-corrected chi connectivity index (χ0v) is 11.2. The molecule has 0 aliphatic carbocycles. The topological polar surface area (TPSA) is 33.3 Å². The summed E-state index contributed by atoms with van der Waals surface area (Å²) in [6.07, 6.45) is 4.85. The number of piperidine rings is 1. The molecular weight excluding hydrogens is 224 g/mol. The highest BCUT2D eigenvalue weighted by Crippen LogP contribution is 2.18. The first kappa shape index (κ1) is 13.4. The van der Waals surface area contributed by atoms with E-state index in [0.29, 0.717) is 6.04 Å². The maximum atomic E-state index is 5.36. The Morgan fingerprint density at radius 2 is 2.28 bits per heavy atom. The predicted molar refractivity (Wildman–Crippen MR) is 75.2 cm³/mol. The predicted octanol–water partition coefficient (Wildman–Crippen LogP) is 1.97. The Kier molecular flexibility index (Phi) is 5.49. The molecule has 3 heteroatoms. The van der Waals surface area contributed by atoms with Gasteiger partial charge in [-0.1, -0.05) is 18.2 Å². The van der Waals surface area contributed by atoms with Crippen molar-refractivity contribution in [3.8, 4) is 5.75 Å². The second kappa shape index (κ2) is 7.39. The molecule has 0 unspecified atom stereocenters. The molecule has 0 radical (unpaired) electrons. The number of para-hydroxylation sites is 1. The number of rotatable bonds is 6. The molecule has 0 bridgehead atoms. The number of hydrogen-bond acceptors (Lipinski definition) is 3. The van der Waals surface area contributed by atoms with Gasteiger partial charge < -0.3 is 15.4 Å². The van der Waals surface area contributed by atoms with Gasteiger partial charge >= 0.3 is 0 Å². The molecular formula is C15H24N2O. The number of hydrogen-bond donors (Lipinski definition) is 2. The summed E-state index contributed by atoms with van der Waals surface area (Å²) in [5.74, 6) is 1.01. The largest absolute Gasteiger partial charge is 0.496 e. The van der Waals surface area contributed by atoms with E-state index >= 15 is 0 Å². The van der Waals surface area contributed by atoms with Crippen LogP contribution in [0.5, 0.6) is 5.75 Å². The van der Waals surface area contributed by atoms with Crippen LogP contribution in [-0.2, 0) is 6.42 Å². The van der Waals surface area contributed by atoms with Crippen molar-refractivity contribution in [2.45, 2.75) is 31.7 Å². The third-order valence-electron chi connectivity index (χ3n) is 3.55. The number of nitrogens with one attached hydrogen (secondary N) is 2. The maximum absolute atomic E-state index is 5.36. The SMILES string of the molecule is COc1ccccc1CCCN[C@H]1CCCNC1. The Bertz CT molecular complexity index is 348. The van der Waals surface area contributed by atoms with Crippen LogP contribution in [0.4, 0.5) is 0 Å². The first-order valence-corrected chi connectivity index (χ1v) is 6.96. The third-order valence-corrected chi connectivity index (χ3v) is 3.55. The molecule has 0 spiro atoms. The van der Waals surface area contributed by atoms with Crippen molar-refractivity contribution >= 4 is 0 Å². The Morgan fingerprint density at radius 3 is 3.06 bits per heavy atom. The lowest BCUT2D eigenvalue weighted by Crippen LogP contribution is -2.43. The van der Waals surface area contributed by atoms with E-state index in [1.54, 1.807) is 7.11 Å². The fraction of sp³-hybridized carbons (Fsp3) is 0.600. The molecule has 1 aliphatic heterocycles. The molecule has 1 aromatic carbocycles. The van der Waals surface area contributed by atoms with E-state index in [0.717, 1.165) is 31.7 Å². The minimum atomic E-state index is 0.663. The van der Waals surface area contributed by atoms with Crippen molar-refractivity contribution < 1.29 is 4.74 Å². The molecule has 1 aliphatic rings. The summed E-state index contributed by atoms with van der Waals surface area (Å²) in [7, 11) is 1.74. The number of benzene rings is 1. The van der Waals surface area contributed by atoms with Crippen LogP contribution in [0.2, 0.25) is 0 Å². The highest BCUT2D eigenvalue weighted by atomic mass is 16.5. The summed E-state index contributed by atoms with van der Waals surface area (Å²) in [4.78, 5) is 0. The summed E-state index contributed by atoms with van der Waals surface area (Å²) >= 11 is 0. The van der Waals surface area contributed by atoms with Gasteiger partial charge in [0.15, 0.2) is 0 Å². The zero-order valence-electron chi connectivity index (χ0n) is 11.2. The first-order valence-electron chi connectivity index (χ1n) is 6.96. The van der Waals surface area contributed by atoms with Crippen molar-refractivity contribution in [3.05, 3.63) is 29.8 Å². The van der Waals surface area contributed by atoms with Crippen LogP contribution < -0.4 is 15.4 Å². The molecule has 18 heavy (non-hydrogen) atoms. The van der Waals surface area contributed by atoms with Gasteiger partial charge in [-0.2, -0.15) is 0 Å². The van der Waals surface area contributed by atoms with Crippen molar-refractivity contribution in [1.29, 1.82) is 0 Å². The van der Waals surface area contributed by atoms with E-state index in [-0.39, 0.29) is 0 Å². The van der Waals surface area contributed by atoms with Crippen LogP contribution in [0, 0.1) is 0 Å². The van der Waals surface area contributed by atoms with Gasteiger partial charge in [0.1, 0.15) is 5.75 Å². The Morgan fingerprint density at radius 1 is 1.39 bits per heavy atom. The quantitative estimate of drug-likeness (QED) is 0.755. The number of methoxy groups -OCH3 is 1. The van der Waals surface area contributed by atoms with E-state index in [1.807, 2.05) is 12.1 Å². The second-order valence-electron chi connectivity index (χ2n) is 4.91. The highest BCUT2D eigenvalue weighted by Gasteiger charge is 2.11. The maximum Gasteiger partial charge on any atom is 0.122 e. The van der Waals surface area contributed by atoms with Gasteiger partial charge in [0, 0.05) is 12.6 Å². The summed E-state index contributed by atoms with van der Waals surface area (Å²) in [6, 6.07) is 8.95. The number of aryl methyl sites for hydroxylation is 1. The molecule has 1 saturated heterocycles. The lowest BCUT2D eigenvalue weighted by molar-refractivity contribution is 0.386. The Hall–Kier alpha value is -1.06. The lowest BCUT2D eigenvalue weighted by atomic mass is 10.1. The van der Waals surface area contributed by atoms with Crippen LogP contribution in [0.1, 0.15) is 24.8 Å². The van der Waals surface area contributed by atoms with Crippen LogP contribution in [0.15, 0.2) is 24.3 Å². The molecule has 1 heterocycles. The van der Waals surface area contributed by atoms with E-state index in [9.17, 15) is 0 Å². The number of ether oxygens (including phenoxy) is 1. The van der Waals surface area contributed by atoms with Crippen LogP contribution >= 0.6 is 0 Å². The molecule has 3 nitrogen and oxygen atoms in total. The molecule has 1 atom stereocenters. The smallest absolute Gasteiger partial charge is 0.122 e. The summed E-state index contributed by atoms with van der Waals surface area (Å²) in [5.41, 5.74) is 1.31. The van der Waals surface area contributed by atoms with Gasteiger partial charge in [-0.3, -0.25) is 0 Å². The molecule has 2 rings (SSSR count). The fourth-order valence-electron chi connectivity index (χ4n) is 2.52. The van der Waals surface area contributed by atoms with E-state index in [4.69, 9.17) is 4.74 Å². The van der Waals surface area contributed by atoms with Crippen LogP contribution in [-0.4, -0.2) is 32.8 Å². The van der Waals surface area contributed by atoms with Gasteiger partial charge in [-0.15, -0.1) is 0 Å². The van der Waals surface area contributed by atoms with Crippen LogP contribution in [0.25, 0.3) is 0 Å². The Labute approximate surface area is 110 Å². The molecule has 0 saturated carbocycles.